The second kappa shape index (κ2) is 8.67. The molecule has 2 heterocycles. The summed E-state index contributed by atoms with van der Waals surface area (Å²) in [4.78, 5) is 16.6. The van der Waals surface area contributed by atoms with Crippen LogP contribution in [0, 0.1) is 0 Å². The molecular weight excluding hydrogens is 432 g/mol. The summed E-state index contributed by atoms with van der Waals surface area (Å²) in [6, 6.07) is 10.1. The van der Waals surface area contributed by atoms with Crippen molar-refractivity contribution in [3.8, 4) is 11.4 Å². The van der Waals surface area contributed by atoms with Gasteiger partial charge in [-0.25, -0.2) is 17.9 Å². The van der Waals surface area contributed by atoms with Crippen LogP contribution in [-0.4, -0.2) is 40.7 Å². The fraction of sp³-hybridized carbons (Fsp3) is 0.222. The predicted octanol–water partition coefficient (Wildman–Crippen LogP) is 3.21. The Bertz CT molecular complexity index is 1160. The second-order valence-electron chi connectivity index (χ2n) is 6.44. The number of amides is 1. The third-order valence-electron chi connectivity index (χ3n) is 3.96. The quantitative estimate of drug-likeness (QED) is 0.589. The Morgan fingerprint density at radius 2 is 2.03 bits per heavy atom. The van der Waals surface area contributed by atoms with Gasteiger partial charge in [0.25, 0.3) is 0 Å². The lowest BCUT2D eigenvalue weighted by molar-refractivity contribution is 0.121. The number of ether oxygens (including phenoxy) is 1. The number of carbonyl (C=O) groups is 1. The standard InChI is InChI=1S/C18H19ClN6O4S/c1-11(12-5-4-6-13(19)9-12)29-18(26)21-17-16(22-24-25(17)2)15-8-7-14(10-20-15)23-30(3,27)28/h4-11,23H,1-3H3,(H,21,26)/t11-/m1/s1. The van der Waals surface area contributed by atoms with Gasteiger partial charge in [-0.1, -0.05) is 28.9 Å². The lowest BCUT2D eigenvalue weighted by atomic mass is 10.1. The molecule has 0 unspecified atom stereocenters. The van der Waals surface area contributed by atoms with Gasteiger partial charge in [-0.15, -0.1) is 5.10 Å². The number of aryl methyl sites for hydroxylation is 1. The molecule has 0 fully saturated rings. The minimum Gasteiger partial charge on any atom is -0.441 e. The summed E-state index contributed by atoms with van der Waals surface area (Å²) in [6.45, 7) is 1.72. The highest BCUT2D eigenvalue weighted by molar-refractivity contribution is 7.92. The molecule has 1 atom stereocenters. The zero-order valence-electron chi connectivity index (χ0n) is 16.3. The number of sulfonamides is 1. The molecule has 0 aliphatic rings. The fourth-order valence-corrected chi connectivity index (χ4v) is 3.34. The average molecular weight is 451 g/mol. The van der Waals surface area contributed by atoms with Gasteiger partial charge >= 0.3 is 6.09 Å². The van der Waals surface area contributed by atoms with Gasteiger partial charge in [0, 0.05) is 12.1 Å². The van der Waals surface area contributed by atoms with Gasteiger partial charge in [0.1, 0.15) is 6.10 Å². The van der Waals surface area contributed by atoms with Gasteiger partial charge < -0.3 is 4.74 Å². The minimum atomic E-state index is -3.42. The maximum absolute atomic E-state index is 12.4. The molecular formula is C18H19ClN6O4S. The SMILES string of the molecule is C[C@@H](OC(=O)Nc1c(-c2ccc(NS(C)(=O)=O)cn2)nnn1C)c1cccc(Cl)c1. The van der Waals surface area contributed by atoms with E-state index in [1.165, 1.54) is 16.9 Å². The summed E-state index contributed by atoms with van der Waals surface area (Å²) in [6.07, 6.45) is 1.15. The van der Waals surface area contributed by atoms with E-state index < -0.39 is 22.2 Å². The number of hydrogen-bond acceptors (Lipinski definition) is 7. The highest BCUT2D eigenvalue weighted by Gasteiger charge is 2.19. The zero-order valence-corrected chi connectivity index (χ0v) is 17.9. The lowest BCUT2D eigenvalue weighted by Gasteiger charge is -2.15. The molecule has 0 aliphatic carbocycles. The van der Waals surface area contributed by atoms with Crippen LogP contribution < -0.4 is 10.0 Å². The molecule has 10 nitrogen and oxygen atoms in total. The largest absolute Gasteiger partial charge is 0.441 e. The monoisotopic (exact) mass is 450 g/mol. The number of halogens is 1. The van der Waals surface area contributed by atoms with Crippen LogP contribution in [0.15, 0.2) is 42.6 Å². The first-order valence-corrected chi connectivity index (χ1v) is 11.0. The van der Waals surface area contributed by atoms with Crippen molar-refractivity contribution >= 4 is 39.2 Å². The first-order chi connectivity index (χ1) is 14.1. The Balaban J connectivity index is 1.75. The topological polar surface area (TPSA) is 128 Å². The summed E-state index contributed by atoms with van der Waals surface area (Å²) in [7, 11) is -1.81. The van der Waals surface area contributed by atoms with Crippen molar-refractivity contribution in [2.24, 2.45) is 7.05 Å². The van der Waals surface area contributed by atoms with Gasteiger partial charge in [-0.2, -0.15) is 0 Å². The number of carbonyl (C=O) groups excluding carboxylic acids is 1. The van der Waals surface area contributed by atoms with Gasteiger partial charge in [0.2, 0.25) is 10.0 Å². The summed E-state index contributed by atoms with van der Waals surface area (Å²) in [5.41, 5.74) is 1.74. The fourth-order valence-electron chi connectivity index (χ4n) is 2.59. The molecule has 0 bridgehead atoms. The minimum absolute atomic E-state index is 0.273. The normalized spacial score (nSPS) is 12.3. The number of anilines is 2. The molecule has 0 spiro atoms. The number of rotatable bonds is 6. The second-order valence-corrected chi connectivity index (χ2v) is 8.63. The summed E-state index contributed by atoms with van der Waals surface area (Å²) >= 11 is 5.98. The molecule has 3 rings (SSSR count). The molecule has 30 heavy (non-hydrogen) atoms. The smallest absolute Gasteiger partial charge is 0.413 e. The van der Waals surface area contributed by atoms with Gasteiger partial charge in [0.15, 0.2) is 11.5 Å². The van der Waals surface area contributed by atoms with Crippen LogP contribution in [-0.2, 0) is 21.8 Å². The molecule has 0 saturated carbocycles. The Morgan fingerprint density at radius 1 is 1.27 bits per heavy atom. The van der Waals surface area contributed by atoms with E-state index in [0.29, 0.717) is 22.1 Å². The molecule has 12 heteroatoms. The van der Waals surface area contributed by atoms with Crippen LogP contribution in [0.2, 0.25) is 5.02 Å². The van der Waals surface area contributed by atoms with Crippen molar-refractivity contribution in [2.75, 3.05) is 16.3 Å². The molecule has 0 saturated heterocycles. The van der Waals surface area contributed by atoms with E-state index in [2.05, 4.69) is 25.3 Å². The third-order valence-corrected chi connectivity index (χ3v) is 4.80. The van der Waals surface area contributed by atoms with Crippen molar-refractivity contribution in [3.05, 3.63) is 53.2 Å². The van der Waals surface area contributed by atoms with E-state index in [-0.39, 0.29) is 5.82 Å². The van der Waals surface area contributed by atoms with Gasteiger partial charge in [-0.05, 0) is 36.8 Å². The molecule has 158 valence electrons. The Kier molecular flexibility index (Phi) is 6.22. The summed E-state index contributed by atoms with van der Waals surface area (Å²) in [5.74, 6) is 0.273. The molecule has 2 aromatic heterocycles. The number of benzene rings is 1. The highest BCUT2D eigenvalue weighted by atomic mass is 35.5. The molecule has 0 aliphatic heterocycles. The van der Waals surface area contributed by atoms with Crippen molar-refractivity contribution < 1.29 is 17.9 Å². The van der Waals surface area contributed by atoms with Crippen molar-refractivity contribution in [2.45, 2.75) is 13.0 Å². The first kappa shape index (κ1) is 21.5. The predicted molar refractivity (Wildman–Crippen MR) is 113 cm³/mol. The van der Waals surface area contributed by atoms with Gasteiger partial charge in [0.05, 0.1) is 23.8 Å². The van der Waals surface area contributed by atoms with Crippen LogP contribution >= 0.6 is 11.6 Å². The number of pyridine rings is 1. The number of aromatic nitrogens is 4. The third kappa shape index (κ3) is 5.45. The van der Waals surface area contributed by atoms with Crippen LogP contribution in [0.25, 0.3) is 11.4 Å². The summed E-state index contributed by atoms with van der Waals surface area (Å²) < 4.78 is 31.7. The van der Waals surface area contributed by atoms with Crippen molar-refractivity contribution in [3.63, 3.8) is 0 Å². The molecule has 1 amide bonds. The average Bonchev–Trinajstić information content (AvgIpc) is 3.01. The summed E-state index contributed by atoms with van der Waals surface area (Å²) in [5, 5.41) is 11.1. The van der Waals surface area contributed by atoms with Crippen LogP contribution in [0.5, 0.6) is 0 Å². The Labute approximate surface area is 178 Å². The van der Waals surface area contributed by atoms with E-state index in [9.17, 15) is 13.2 Å². The Hall–Kier alpha value is -3.18. The van der Waals surface area contributed by atoms with Crippen LogP contribution in [0.3, 0.4) is 0 Å². The number of hydrogen-bond donors (Lipinski definition) is 2. The van der Waals surface area contributed by atoms with Gasteiger partial charge in [-0.3, -0.25) is 15.0 Å². The van der Waals surface area contributed by atoms with Crippen molar-refractivity contribution in [1.29, 1.82) is 0 Å². The number of nitrogens with one attached hydrogen (secondary N) is 2. The number of nitrogens with zero attached hydrogens (tertiary/aromatic N) is 4. The van der Waals surface area contributed by atoms with E-state index >= 15 is 0 Å². The zero-order chi connectivity index (χ0) is 21.9. The first-order valence-electron chi connectivity index (χ1n) is 8.69. The van der Waals surface area contributed by atoms with Crippen LogP contribution in [0.1, 0.15) is 18.6 Å². The molecule has 2 N–H and O–H groups in total. The van der Waals surface area contributed by atoms with Crippen molar-refractivity contribution in [1.82, 2.24) is 20.0 Å². The van der Waals surface area contributed by atoms with E-state index in [0.717, 1.165) is 11.8 Å². The molecule has 1 aromatic carbocycles. The lowest BCUT2D eigenvalue weighted by Crippen LogP contribution is -2.18. The van der Waals surface area contributed by atoms with Crippen LogP contribution in [0.4, 0.5) is 16.3 Å². The van der Waals surface area contributed by atoms with E-state index in [1.807, 2.05) is 0 Å². The molecule has 3 aromatic rings. The highest BCUT2D eigenvalue weighted by Crippen LogP contribution is 2.26. The van der Waals surface area contributed by atoms with E-state index in [1.54, 1.807) is 44.3 Å². The maximum atomic E-state index is 12.4. The maximum Gasteiger partial charge on any atom is 0.413 e. The molecule has 0 radical (unpaired) electrons. The van der Waals surface area contributed by atoms with E-state index in [4.69, 9.17) is 16.3 Å². The Morgan fingerprint density at radius 3 is 2.67 bits per heavy atom.